The molecule has 0 unspecified atom stereocenters. The van der Waals surface area contributed by atoms with Gasteiger partial charge in [-0.15, -0.1) is 21.5 Å². The van der Waals surface area contributed by atoms with E-state index in [0.717, 1.165) is 39.4 Å². The number of hydrogen-bond acceptors (Lipinski definition) is 8. The molecule has 0 radical (unpaired) electrons. The van der Waals surface area contributed by atoms with Crippen LogP contribution in [0.25, 0.3) is 4.96 Å². The highest BCUT2D eigenvalue weighted by atomic mass is 32.2. The van der Waals surface area contributed by atoms with E-state index in [1.54, 1.807) is 33.6 Å². The second-order valence-corrected chi connectivity index (χ2v) is 8.56. The Balaban J connectivity index is 1.62. The number of fused-ring (bicyclic) bond motifs is 3. The van der Waals surface area contributed by atoms with Crippen molar-refractivity contribution in [2.45, 2.75) is 35.8 Å². The van der Waals surface area contributed by atoms with Crippen LogP contribution in [0.5, 0.6) is 0 Å². The van der Waals surface area contributed by atoms with Crippen molar-refractivity contribution in [2.75, 3.05) is 12.4 Å². The molecular weight excluding hydrogens is 350 g/mol. The van der Waals surface area contributed by atoms with Crippen molar-refractivity contribution in [1.82, 2.24) is 19.6 Å². The van der Waals surface area contributed by atoms with Crippen LogP contribution >= 0.6 is 34.4 Å². The molecule has 9 heteroatoms. The zero-order valence-corrected chi connectivity index (χ0v) is 15.0. The maximum absolute atomic E-state index is 12.5. The van der Waals surface area contributed by atoms with Crippen LogP contribution in [0.2, 0.25) is 0 Å². The Morgan fingerprint density at radius 3 is 3.00 bits per heavy atom. The number of thiazole rings is 1. The third-order valence-corrected chi connectivity index (χ3v) is 7.03. The SMILES string of the molecule is CNc1nnc(SCc2cc(=O)n3c4c(sc3n2)CCCC4)s1. The molecule has 23 heavy (non-hydrogen) atoms. The molecule has 1 aliphatic carbocycles. The van der Waals surface area contributed by atoms with E-state index in [9.17, 15) is 4.79 Å². The zero-order chi connectivity index (χ0) is 15.8. The van der Waals surface area contributed by atoms with Gasteiger partial charge in [-0.2, -0.15) is 0 Å². The lowest BCUT2D eigenvalue weighted by atomic mass is 10.0. The monoisotopic (exact) mass is 365 g/mol. The molecule has 0 amide bonds. The van der Waals surface area contributed by atoms with Gasteiger partial charge in [0.15, 0.2) is 9.30 Å². The maximum atomic E-state index is 12.5. The van der Waals surface area contributed by atoms with Crippen molar-refractivity contribution < 1.29 is 0 Å². The minimum absolute atomic E-state index is 0.0400. The lowest BCUT2D eigenvalue weighted by Crippen LogP contribution is -2.17. The summed E-state index contributed by atoms with van der Waals surface area (Å²) in [6, 6.07) is 1.65. The Kier molecular flexibility index (Phi) is 4.08. The molecule has 3 aromatic heterocycles. The van der Waals surface area contributed by atoms with E-state index in [1.807, 2.05) is 7.05 Å². The van der Waals surface area contributed by atoms with Gasteiger partial charge in [0.25, 0.3) is 5.56 Å². The molecule has 120 valence electrons. The van der Waals surface area contributed by atoms with Crippen molar-refractivity contribution in [3.8, 4) is 0 Å². The Hall–Kier alpha value is -1.45. The van der Waals surface area contributed by atoms with Gasteiger partial charge >= 0.3 is 0 Å². The van der Waals surface area contributed by atoms with Gasteiger partial charge in [-0.05, 0) is 25.7 Å². The molecule has 3 aromatic rings. The minimum Gasteiger partial charge on any atom is -0.363 e. The number of aromatic nitrogens is 4. The summed E-state index contributed by atoms with van der Waals surface area (Å²) in [4.78, 5) is 19.3. The molecule has 0 aromatic carbocycles. The minimum atomic E-state index is 0.0400. The smallest absolute Gasteiger partial charge is 0.259 e. The van der Waals surface area contributed by atoms with Crippen LogP contribution < -0.4 is 10.9 Å². The third kappa shape index (κ3) is 2.88. The summed E-state index contributed by atoms with van der Waals surface area (Å²) >= 11 is 4.73. The number of anilines is 1. The number of hydrogen-bond donors (Lipinski definition) is 1. The molecule has 0 fully saturated rings. The van der Waals surface area contributed by atoms with Crippen LogP contribution in [0.4, 0.5) is 5.13 Å². The van der Waals surface area contributed by atoms with Crippen LogP contribution in [0, 0.1) is 0 Å². The van der Waals surface area contributed by atoms with E-state index < -0.39 is 0 Å². The van der Waals surface area contributed by atoms with Crippen LogP contribution in [-0.4, -0.2) is 26.6 Å². The van der Waals surface area contributed by atoms with Gasteiger partial charge in [0.05, 0.1) is 5.69 Å². The Morgan fingerprint density at radius 2 is 2.17 bits per heavy atom. The summed E-state index contributed by atoms with van der Waals surface area (Å²) < 4.78 is 2.68. The van der Waals surface area contributed by atoms with E-state index in [0.29, 0.717) is 5.75 Å². The molecular formula is C14H15N5OS3. The Bertz CT molecular complexity index is 913. The fraction of sp³-hybridized carbons (Fsp3) is 0.429. The number of nitrogens with one attached hydrogen (secondary N) is 1. The first-order valence-electron chi connectivity index (χ1n) is 7.42. The first-order chi connectivity index (χ1) is 11.2. The quantitative estimate of drug-likeness (QED) is 0.717. The highest BCUT2D eigenvalue weighted by molar-refractivity contribution is 8.00. The highest BCUT2D eigenvalue weighted by Gasteiger charge is 2.18. The van der Waals surface area contributed by atoms with E-state index >= 15 is 0 Å². The van der Waals surface area contributed by atoms with Crippen molar-refractivity contribution in [3.63, 3.8) is 0 Å². The number of rotatable bonds is 4. The van der Waals surface area contributed by atoms with Crippen LogP contribution in [0.1, 0.15) is 29.1 Å². The second kappa shape index (κ2) is 6.21. The summed E-state index contributed by atoms with van der Waals surface area (Å²) in [5.41, 5.74) is 2.02. The summed E-state index contributed by atoms with van der Waals surface area (Å²) in [7, 11) is 1.82. The van der Waals surface area contributed by atoms with E-state index in [-0.39, 0.29) is 5.56 Å². The molecule has 0 saturated heterocycles. The molecule has 4 rings (SSSR count). The van der Waals surface area contributed by atoms with E-state index in [2.05, 4.69) is 20.5 Å². The van der Waals surface area contributed by atoms with Gasteiger partial charge in [0.2, 0.25) is 5.13 Å². The summed E-state index contributed by atoms with van der Waals surface area (Å²) in [5, 5.41) is 11.9. The van der Waals surface area contributed by atoms with E-state index in [1.165, 1.54) is 28.3 Å². The lowest BCUT2D eigenvalue weighted by Gasteiger charge is -2.09. The zero-order valence-electron chi connectivity index (χ0n) is 12.5. The molecule has 1 N–H and O–H groups in total. The number of aryl methyl sites for hydroxylation is 2. The molecule has 0 spiro atoms. The van der Waals surface area contributed by atoms with Gasteiger partial charge < -0.3 is 5.32 Å². The number of nitrogens with zero attached hydrogens (tertiary/aromatic N) is 4. The van der Waals surface area contributed by atoms with Crippen molar-refractivity contribution >= 4 is 44.5 Å². The van der Waals surface area contributed by atoms with Crippen LogP contribution in [0.3, 0.4) is 0 Å². The van der Waals surface area contributed by atoms with Crippen molar-refractivity contribution in [2.24, 2.45) is 0 Å². The third-order valence-electron chi connectivity index (χ3n) is 3.78. The van der Waals surface area contributed by atoms with Gasteiger partial charge in [0, 0.05) is 29.4 Å². The largest absolute Gasteiger partial charge is 0.363 e. The fourth-order valence-electron chi connectivity index (χ4n) is 2.72. The van der Waals surface area contributed by atoms with Gasteiger partial charge in [0.1, 0.15) is 0 Å². The normalized spacial score (nSPS) is 14.1. The van der Waals surface area contributed by atoms with Gasteiger partial charge in [-0.1, -0.05) is 23.1 Å². The van der Waals surface area contributed by atoms with Gasteiger partial charge in [-0.25, -0.2) is 4.98 Å². The molecule has 0 aliphatic heterocycles. The van der Waals surface area contributed by atoms with Crippen molar-refractivity contribution in [1.29, 1.82) is 0 Å². The predicted molar refractivity (Wildman–Crippen MR) is 95.0 cm³/mol. The molecule has 3 heterocycles. The lowest BCUT2D eigenvalue weighted by molar-refractivity contribution is 0.670. The van der Waals surface area contributed by atoms with Crippen LogP contribution in [-0.2, 0) is 18.6 Å². The molecule has 0 bridgehead atoms. The summed E-state index contributed by atoms with van der Waals surface area (Å²) in [5.74, 6) is 0.632. The second-order valence-electron chi connectivity index (χ2n) is 5.29. The van der Waals surface area contributed by atoms with Crippen LogP contribution in [0.15, 0.2) is 15.2 Å². The number of thioether (sulfide) groups is 1. The molecule has 0 atom stereocenters. The first kappa shape index (κ1) is 15.1. The fourth-order valence-corrected chi connectivity index (χ4v) is 5.55. The summed E-state index contributed by atoms with van der Waals surface area (Å²) in [6.45, 7) is 0. The molecule has 6 nitrogen and oxygen atoms in total. The maximum Gasteiger partial charge on any atom is 0.259 e. The van der Waals surface area contributed by atoms with Gasteiger partial charge in [-0.3, -0.25) is 9.20 Å². The highest BCUT2D eigenvalue weighted by Crippen LogP contribution is 2.30. The molecule has 1 aliphatic rings. The summed E-state index contributed by atoms with van der Waals surface area (Å²) in [6.07, 6.45) is 4.43. The Labute approximate surface area is 145 Å². The standard InChI is InChI=1S/C14H15N5OS3/c1-15-12-17-18-14(23-12)21-7-8-6-11(20)19-9-4-2-3-5-10(9)22-13(19)16-8/h6H,2-5,7H2,1H3,(H,15,17). The topological polar surface area (TPSA) is 72.2 Å². The predicted octanol–water partition coefficient (Wildman–Crippen LogP) is 2.82. The first-order valence-corrected chi connectivity index (χ1v) is 10.0. The molecule has 0 saturated carbocycles. The Morgan fingerprint density at radius 1 is 1.30 bits per heavy atom. The average molecular weight is 366 g/mol. The average Bonchev–Trinajstić information content (AvgIpc) is 3.16. The van der Waals surface area contributed by atoms with Crippen molar-refractivity contribution in [3.05, 3.63) is 32.7 Å². The van der Waals surface area contributed by atoms with E-state index in [4.69, 9.17) is 0 Å².